The monoisotopic (exact) mass is 173 g/mol. The Hall–Kier alpha value is -0.0800. The van der Waals surface area contributed by atoms with E-state index in [2.05, 4.69) is 20.8 Å². The first kappa shape index (κ1) is 11.9. The van der Waals surface area contributed by atoms with Crippen molar-refractivity contribution in [2.75, 3.05) is 20.3 Å². The molecule has 0 spiro atoms. The fraction of sp³-hybridized carbons (Fsp3) is 1.00. The van der Waals surface area contributed by atoms with Gasteiger partial charge in [-0.3, -0.25) is 0 Å². The summed E-state index contributed by atoms with van der Waals surface area (Å²) in [6, 6.07) is 0. The molecule has 0 rings (SSSR count). The molecule has 74 valence electrons. The predicted octanol–water partition coefficient (Wildman–Crippen LogP) is 1.89. The zero-order valence-corrected chi connectivity index (χ0v) is 8.84. The van der Waals surface area contributed by atoms with Gasteiger partial charge in [-0.05, 0) is 30.7 Å². The van der Waals surface area contributed by atoms with Gasteiger partial charge in [-0.1, -0.05) is 20.8 Å². The zero-order valence-electron chi connectivity index (χ0n) is 8.84. The maximum atomic E-state index is 5.61. The molecule has 0 bridgehead atoms. The van der Waals surface area contributed by atoms with E-state index in [0.29, 0.717) is 17.8 Å². The molecule has 2 N–H and O–H groups in total. The molecular weight excluding hydrogens is 150 g/mol. The Morgan fingerprint density at radius 3 is 2.17 bits per heavy atom. The SMILES string of the molecule is COCCC(C)C(C)C(C)CN. The maximum absolute atomic E-state index is 5.61. The second-order valence-corrected chi connectivity index (χ2v) is 3.83. The Kier molecular flexibility index (Phi) is 6.39. The van der Waals surface area contributed by atoms with Crippen molar-refractivity contribution < 1.29 is 4.74 Å². The van der Waals surface area contributed by atoms with Crippen LogP contribution in [-0.4, -0.2) is 20.3 Å². The van der Waals surface area contributed by atoms with Crippen molar-refractivity contribution in [2.45, 2.75) is 27.2 Å². The highest BCUT2D eigenvalue weighted by atomic mass is 16.5. The van der Waals surface area contributed by atoms with Gasteiger partial charge in [0.2, 0.25) is 0 Å². The fourth-order valence-corrected chi connectivity index (χ4v) is 1.34. The minimum Gasteiger partial charge on any atom is -0.385 e. The van der Waals surface area contributed by atoms with Crippen LogP contribution in [0.25, 0.3) is 0 Å². The van der Waals surface area contributed by atoms with Gasteiger partial charge < -0.3 is 10.5 Å². The van der Waals surface area contributed by atoms with Gasteiger partial charge in [0.15, 0.2) is 0 Å². The second-order valence-electron chi connectivity index (χ2n) is 3.83. The summed E-state index contributed by atoms with van der Waals surface area (Å²) in [6.45, 7) is 8.42. The summed E-state index contributed by atoms with van der Waals surface area (Å²) in [5.74, 6) is 2.03. The normalized spacial score (nSPS) is 18.8. The lowest BCUT2D eigenvalue weighted by molar-refractivity contribution is 0.156. The first-order valence-electron chi connectivity index (χ1n) is 4.82. The number of ether oxygens (including phenoxy) is 1. The molecule has 0 aromatic rings. The number of hydrogen-bond donors (Lipinski definition) is 1. The molecule has 0 aliphatic rings. The number of methoxy groups -OCH3 is 1. The highest BCUT2D eigenvalue weighted by Gasteiger charge is 2.17. The van der Waals surface area contributed by atoms with Gasteiger partial charge in [-0.25, -0.2) is 0 Å². The standard InChI is InChI=1S/C10H23NO/c1-8(5-6-12-4)10(3)9(2)7-11/h8-10H,5-7,11H2,1-4H3. The average Bonchev–Trinajstić information content (AvgIpc) is 2.11. The van der Waals surface area contributed by atoms with Gasteiger partial charge in [-0.2, -0.15) is 0 Å². The third-order valence-corrected chi connectivity index (χ3v) is 2.94. The van der Waals surface area contributed by atoms with Crippen LogP contribution < -0.4 is 5.73 Å². The van der Waals surface area contributed by atoms with Gasteiger partial charge in [-0.15, -0.1) is 0 Å². The summed E-state index contributed by atoms with van der Waals surface area (Å²) in [5, 5.41) is 0. The van der Waals surface area contributed by atoms with Gasteiger partial charge >= 0.3 is 0 Å². The van der Waals surface area contributed by atoms with Gasteiger partial charge in [0.1, 0.15) is 0 Å². The van der Waals surface area contributed by atoms with Crippen LogP contribution in [0.2, 0.25) is 0 Å². The van der Waals surface area contributed by atoms with E-state index in [1.807, 2.05) is 0 Å². The molecule has 0 heterocycles. The molecular formula is C10H23NO. The van der Waals surface area contributed by atoms with Crippen LogP contribution in [-0.2, 0) is 4.74 Å². The third-order valence-electron chi connectivity index (χ3n) is 2.94. The van der Waals surface area contributed by atoms with E-state index >= 15 is 0 Å². The van der Waals surface area contributed by atoms with Crippen molar-refractivity contribution in [3.63, 3.8) is 0 Å². The maximum Gasteiger partial charge on any atom is 0.0464 e. The van der Waals surface area contributed by atoms with E-state index in [1.54, 1.807) is 7.11 Å². The Morgan fingerprint density at radius 2 is 1.75 bits per heavy atom. The Morgan fingerprint density at radius 1 is 1.17 bits per heavy atom. The van der Waals surface area contributed by atoms with E-state index < -0.39 is 0 Å². The second kappa shape index (κ2) is 6.44. The molecule has 0 saturated carbocycles. The first-order valence-corrected chi connectivity index (χ1v) is 4.82. The molecule has 3 atom stereocenters. The Bertz CT molecular complexity index is 106. The molecule has 12 heavy (non-hydrogen) atoms. The summed E-state index contributed by atoms with van der Waals surface area (Å²) < 4.78 is 5.04. The fourth-order valence-electron chi connectivity index (χ4n) is 1.34. The first-order chi connectivity index (χ1) is 5.63. The largest absolute Gasteiger partial charge is 0.385 e. The van der Waals surface area contributed by atoms with Crippen LogP contribution >= 0.6 is 0 Å². The van der Waals surface area contributed by atoms with Crippen LogP contribution in [0.1, 0.15) is 27.2 Å². The van der Waals surface area contributed by atoms with Crippen molar-refractivity contribution in [3.8, 4) is 0 Å². The molecule has 0 aromatic carbocycles. The molecule has 0 radical (unpaired) electrons. The van der Waals surface area contributed by atoms with Crippen LogP contribution in [0.15, 0.2) is 0 Å². The number of hydrogen-bond acceptors (Lipinski definition) is 2. The summed E-state index contributed by atoms with van der Waals surface area (Å²) in [4.78, 5) is 0. The molecule has 0 aromatic heterocycles. The van der Waals surface area contributed by atoms with Gasteiger partial charge in [0.25, 0.3) is 0 Å². The van der Waals surface area contributed by atoms with E-state index in [9.17, 15) is 0 Å². The lowest BCUT2D eigenvalue weighted by Gasteiger charge is -2.24. The highest BCUT2D eigenvalue weighted by molar-refractivity contribution is 4.68. The zero-order chi connectivity index (χ0) is 9.56. The van der Waals surface area contributed by atoms with Gasteiger partial charge in [0.05, 0.1) is 0 Å². The molecule has 0 aliphatic heterocycles. The number of nitrogens with two attached hydrogens (primary N) is 1. The van der Waals surface area contributed by atoms with Crippen LogP contribution in [0.5, 0.6) is 0 Å². The molecule has 2 nitrogen and oxygen atoms in total. The molecule has 3 unspecified atom stereocenters. The third kappa shape index (κ3) is 4.07. The lowest BCUT2D eigenvalue weighted by atomic mass is 9.83. The molecule has 2 heteroatoms. The molecule has 0 amide bonds. The Balaban J connectivity index is 3.67. The smallest absolute Gasteiger partial charge is 0.0464 e. The van der Waals surface area contributed by atoms with Crippen LogP contribution in [0, 0.1) is 17.8 Å². The Labute approximate surface area is 76.5 Å². The van der Waals surface area contributed by atoms with Crippen molar-refractivity contribution in [3.05, 3.63) is 0 Å². The van der Waals surface area contributed by atoms with Crippen molar-refractivity contribution in [2.24, 2.45) is 23.5 Å². The number of rotatable bonds is 6. The minimum atomic E-state index is 0.622. The summed E-state index contributed by atoms with van der Waals surface area (Å²) >= 11 is 0. The minimum absolute atomic E-state index is 0.622. The van der Waals surface area contributed by atoms with E-state index in [0.717, 1.165) is 19.6 Å². The predicted molar refractivity (Wildman–Crippen MR) is 53.0 cm³/mol. The van der Waals surface area contributed by atoms with Gasteiger partial charge in [0, 0.05) is 13.7 Å². The highest BCUT2D eigenvalue weighted by Crippen LogP contribution is 2.22. The lowest BCUT2D eigenvalue weighted by Crippen LogP contribution is -2.24. The van der Waals surface area contributed by atoms with E-state index in [4.69, 9.17) is 10.5 Å². The van der Waals surface area contributed by atoms with Crippen LogP contribution in [0.3, 0.4) is 0 Å². The van der Waals surface area contributed by atoms with Crippen LogP contribution in [0.4, 0.5) is 0 Å². The van der Waals surface area contributed by atoms with E-state index in [-0.39, 0.29) is 0 Å². The van der Waals surface area contributed by atoms with Crippen molar-refractivity contribution in [1.29, 1.82) is 0 Å². The summed E-state index contributed by atoms with van der Waals surface area (Å²) in [6.07, 6.45) is 1.14. The summed E-state index contributed by atoms with van der Waals surface area (Å²) in [5.41, 5.74) is 5.61. The van der Waals surface area contributed by atoms with Crippen molar-refractivity contribution >= 4 is 0 Å². The summed E-state index contributed by atoms with van der Waals surface area (Å²) in [7, 11) is 1.75. The molecule has 0 aliphatic carbocycles. The topological polar surface area (TPSA) is 35.2 Å². The van der Waals surface area contributed by atoms with E-state index in [1.165, 1.54) is 0 Å². The molecule has 0 saturated heterocycles. The molecule has 0 fully saturated rings. The van der Waals surface area contributed by atoms with Crippen molar-refractivity contribution in [1.82, 2.24) is 0 Å². The average molecular weight is 173 g/mol. The quantitative estimate of drug-likeness (QED) is 0.665.